The van der Waals surface area contributed by atoms with E-state index in [0.717, 1.165) is 18.4 Å². The highest BCUT2D eigenvalue weighted by Gasteiger charge is 2.51. The van der Waals surface area contributed by atoms with Crippen LogP contribution in [0.15, 0.2) is 36.4 Å². The van der Waals surface area contributed by atoms with Crippen molar-refractivity contribution in [1.29, 1.82) is 5.26 Å². The molecule has 150 valence electrons. The van der Waals surface area contributed by atoms with E-state index in [1.165, 1.54) is 5.56 Å². The minimum absolute atomic E-state index is 0.118. The van der Waals surface area contributed by atoms with Crippen LogP contribution in [-0.2, 0) is 10.2 Å². The third-order valence-electron chi connectivity index (χ3n) is 6.36. The number of aromatic nitrogens is 2. The van der Waals surface area contributed by atoms with E-state index in [9.17, 15) is 9.90 Å². The van der Waals surface area contributed by atoms with Crippen LogP contribution < -0.4 is 4.90 Å². The molecule has 0 bridgehead atoms. The highest BCUT2D eigenvalue weighted by Crippen LogP contribution is 2.50. The van der Waals surface area contributed by atoms with E-state index in [0.29, 0.717) is 31.2 Å². The molecule has 1 N–H and O–H groups in total. The molecule has 0 spiro atoms. The zero-order chi connectivity index (χ0) is 20.6. The van der Waals surface area contributed by atoms with Crippen LogP contribution in [0.25, 0.3) is 0 Å². The Morgan fingerprint density at radius 3 is 2.48 bits per heavy atom. The summed E-state index contributed by atoms with van der Waals surface area (Å²) in [6, 6.07) is 13.8. The second-order valence-corrected chi connectivity index (χ2v) is 8.61. The Balaban J connectivity index is 1.43. The number of aliphatic hydroxyl groups excluding tert-OH is 1. The average Bonchev–Trinajstić information content (AvgIpc) is 3.47. The molecule has 1 saturated heterocycles. The van der Waals surface area contributed by atoms with E-state index in [1.807, 2.05) is 11.0 Å². The molecular weight excluding hydrogens is 364 g/mol. The summed E-state index contributed by atoms with van der Waals surface area (Å²) in [5.41, 5.74) is 2.28. The maximum absolute atomic E-state index is 13.2. The Kier molecular flexibility index (Phi) is 5.10. The maximum Gasteiger partial charge on any atom is 0.163 e. The van der Waals surface area contributed by atoms with Gasteiger partial charge in [0, 0.05) is 25.4 Å². The molecule has 2 atom stereocenters. The molecule has 2 aliphatic rings. The van der Waals surface area contributed by atoms with E-state index in [4.69, 9.17) is 5.26 Å². The lowest BCUT2D eigenvalue weighted by Crippen LogP contribution is -2.28. The van der Waals surface area contributed by atoms with Crippen LogP contribution in [0.3, 0.4) is 0 Å². The van der Waals surface area contributed by atoms with Crippen molar-refractivity contribution in [3.63, 3.8) is 0 Å². The molecule has 6 nitrogen and oxygen atoms in total. The van der Waals surface area contributed by atoms with Gasteiger partial charge in [-0.25, -0.2) is 0 Å². The van der Waals surface area contributed by atoms with Crippen molar-refractivity contribution in [3.05, 3.63) is 53.2 Å². The van der Waals surface area contributed by atoms with E-state index >= 15 is 0 Å². The highest BCUT2D eigenvalue weighted by atomic mass is 16.3. The molecule has 1 aromatic carbocycles. The summed E-state index contributed by atoms with van der Waals surface area (Å²) >= 11 is 0. The van der Waals surface area contributed by atoms with Gasteiger partial charge in [-0.3, -0.25) is 4.79 Å². The number of hydrogen-bond acceptors (Lipinski definition) is 6. The summed E-state index contributed by atoms with van der Waals surface area (Å²) < 4.78 is 0. The van der Waals surface area contributed by atoms with Crippen molar-refractivity contribution in [3.8, 4) is 6.07 Å². The fourth-order valence-corrected chi connectivity index (χ4v) is 4.27. The summed E-state index contributed by atoms with van der Waals surface area (Å²) in [4.78, 5) is 15.1. The maximum atomic E-state index is 13.2. The number of β-amino-alcohol motifs (C(OH)–C–C–N with tert-alkyl or cyclic N) is 1. The predicted octanol–water partition coefficient (Wildman–Crippen LogP) is 2.96. The van der Waals surface area contributed by atoms with Crippen molar-refractivity contribution in [2.75, 3.05) is 18.0 Å². The minimum Gasteiger partial charge on any atom is -0.391 e. The largest absolute Gasteiger partial charge is 0.391 e. The first-order valence-corrected chi connectivity index (χ1v) is 10.2. The average molecular weight is 390 g/mol. The number of hydrogen-bond donors (Lipinski definition) is 1. The van der Waals surface area contributed by atoms with Crippen LogP contribution in [-0.4, -0.2) is 40.3 Å². The third kappa shape index (κ3) is 3.75. The van der Waals surface area contributed by atoms with Crippen LogP contribution in [0.2, 0.25) is 0 Å². The van der Waals surface area contributed by atoms with E-state index in [-0.39, 0.29) is 22.8 Å². The van der Waals surface area contributed by atoms with Gasteiger partial charge >= 0.3 is 0 Å². The Labute approximate surface area is 171 Å². The molecule has 6 heteroatoms. The molecule has 0 amide bonds. The van der Waals surface area contributed by atoms with Crippen molar-refractivity contribution in [2.24, 2.45) is 5.92 Å². The van der Waals surface area contributed by atoms with Crippen molar-refractivity contribution < 1.29 is 9.90 Å². The molecule has 1 saturated carbocycles. The van der Waals surface area contributed by atoms with Gasteiger partial charge in [0.1, 0.15) is 11.9 Å². The second-order valence-electron chi connectivity index (χ2n) is 8.61. The normalized spacial score (nSPS) is 22.5. The number of rotatable bonds is 6. The Bertz CT molecular complexity index is 927. The topological polar surface area (TPSA) is 90.1 Å². The van der Waals surface area contributed by atoms with Gasteiger partial charge in [-0.1, -0.05) is 38.1 Å². The van der Waals surface area contributed by atoms with Crippen LogP contribution in [0, 0.1) is 17.2 Å². The van der Waals surface area contributed by atoms with Crippen molar-refractivity contribution in [1.82, 2.24) is 10.2 Å². The first kappa shape index (κ1) is 19.5. The Morgan fingerprint density at radius 2 is 1.93 bits per heavy atom. The third-order valence-corrected chi connectivity index (χ3v) is 6.36. The number of Topliss-reactive ketones (excluding diaryl/α,β-unsaturated/α-hetero) is 1. The number of carbonyl (C=O) groups excluding carboxylic acids is 1. The zero-order valence-corrected chi connectivity index (χ0v) is 16.9. The number of ketones is 1. The number of aliphatic hydroxyl groups is 1. The Hall–Kier alpha value is -2.78. The smallest absolute Gasteiger partial charge is 0.163 e. The van der Waals surface area contributed by atoms with Crippen molar-refractivity contribution >= 4 is 11.6 Å². The predicted molar refractivity (Wildman–Crippen MR) is 110 cm³/mol. The summed E-state index contributed by atoms with van der Waals surface area (Å²) in [5, 5.41) is 27.3. The number of anilines is 1. The minimum atomic E-state index is -0.574. The molecule has 1 aromatic heterocycles. The molecule has 2 heterocycles. The van der Waals surface area contributed by atoms with Crippen molar-refractivity contribution in [2.45, 2.75) is 50.5 Å². The monoisotopic (exact) mass is 390 g/mol. The van der Waals surface area contributed by atoms with Gasteiger partial charge in [-0.05, 0) is 42.0 Å². The lowest BCUT2D eigenvalue weighted by molar-refractivity contribution is -0.123. The van der Waals surface area contributed by atoms with Gasteiger partial charge < -0.3 is 10.0 Å². The first-order valence-electron chi connectivity index (χ1n) is 10.2. The van der Waals surface area contributed by atoms with E-state index < -0.39 is 6.10 Å². The van der Waals surface area contributed by atoms with Gasteiger partial charge in [-0.15, -0.1) is 10.2 Å². The molecule has 1 aliphatic carbocycles. The molecule has 1 unspecified atom stereocenters. The summed E-state index contributed by atoms with van der Waals surface area (Å²) in [5.74, 6) is 1.21. The van der Waals surface area contributed by atoms with Gasteiger partial charge in [-0.2, -0.15) is 5.26 Å². The number of benzene rings is 1. The molecule has 29 heavy (non-hydrogen) atoms. The van der Waals surface area contributed by atoms with E-state index in [1.54, 1.807) is 12.1 Å². The highest BCUT2D eigenvalue weighted by molar-refractivity contribution is 5.93. The SMILES string of the molecule is CC(C)c1ccc(C2(C(=O)CC3CN(c4ccc(C#N)nn4)C[C@@H]3O)CC2)cc1. The fourth-order valence-electron chi connectivity index (χ4n) is 4.27. The van der Waals surface area contributed by atoms with Crippen LogP contribution in [0.1, 0.15) is 55.8 Å². The van der Waals surface area contributed by atoms with Gasteiger partial charge in [0.15, 0.2) is 11.5 Å². The molecular formula is C23H26N4O2. The summed E-state index contributed by atoms with van der Waals surface area (Å²) in [6.07, 6.45) is 1.57. The number of carbonyl (C=O) groups is 1. The number of nitriles is 1. The van der Waals surface area contributed by atoms with Crippen LogP contribution >= 0.6 is 0 Å². The van der Waals surface area contributed by atoms with Gasteiger partial charge in [0.25, 0.3) is 0 Å². The molecule has 1 aliphatic heterocycles. The Morgan fingerprint density at radius 1 is 1.21 bits per heavy atom. The standard InChI is InChI=1S/C23H26N4O2/c1-15(2)16-3-5-18(6-4-16)23(9-10-23)21(29)11-17-13-27(14-20(17)28)22-8-7-19(12-24)25-26-22/h3-8,15,17,20,28H,9-11,13-14H2,1-2H3/t17?,20-/m0/s1. The van der Waals surface area contributed by atoms with Gasteiger partial charge in [0.05, 0.1) is 11.5 Å². The molecule has 0 radical (unpaired) electrons. The van der Waals surface area contributed by atoms with E-state index in [2.05, 4.69) is 48.3 Å². The summed E-state index contributed by atoms with van der Waals surface area (Å²) in [6.45, 7) is 5.32. The quantitative estimate of drug-likeness (QED) is 0.816. The van der Waals surface area contributed by atoms with Crippen LogP contribution in [0.4, 0.5) is 5.82 Å². The number of nitrogens with zero attached hydrogens (tertiary/aromatic N) is 4. The molecule has 2 fully saturated rings. The lowest BCUT2D eigenvalue weighted by Gasteiger charge is -2.20. The molecule has 4 rings (SSSR count). The summed E-state index contributed by atoms with van der Waals surface area (Å²) in [7, 11) is 0. The lowest BCUT2D eigenvalue weighted by atomic mass is 9.84. The fraction of sp³-hybridized carbons (Fsp3) is 0.478. The van der Waals surface area contributed by atoms with Crippen LogP contribution in [0.5, 0.6) is 0 Å². The van der Waals surface area contributed by atoms with Gasteiger partial charge in [0.2, 0.25) is 0 Å². The first-order chi connectivity index (χ1) is 13.9. The molecule has 2 aromatic rings. The zero-order valence-electron chi connectivity index (χ0n) is 16.9. The second kappa shape index (κ2) is 7.57.